The van der Waals surface area contributed by atoms with Crippen LogP contribution in [0.5, 0.6) is 0 Å². The summed E-state index contributed by atoms with van der Waals surface area (Å²) in [5, 5.41) is 13.6. The highest BCUT2D eigenvalue weighted by Crippen LogP contribution is 2.39. The summed E-state index contributed by atoms with van der Waals surface area (Å²) in [6, 6.07) is 0. The van der Waals surface area contributed by atoms with Crippen molar-refractivity contribution < 1.29 is 9.90 Å². The van der Waals surface area contributed by atoms with Gasteiger partial charge in [0.15, 0.2) is 5.69 Å². The van der Waals surface area contributed by atoms with E-state index in [-0.39, 0.29) is 0 Å². The number of hydrogen-bond acceptors (Lipinski definition) is 2. The first-order chi connectivity index (χ1) is 8.27. The van der Waals surface area contributed by atoms with Gasteiger partial charge in [0.2, 0.25) is 0 Å². The minimum absolute atomic E-state index is 0.328. The molecule has 0 saturated heterocycles. The van der Waals surface area contributed by atoms with Crippen molar-refractivity contribution in [3.8, 4) is 0 Å². The predicted molar refractivity (Wildman–Crippen MR) is 63.3 cm³/mol. The molecule has 17 heavy (non-hydrogen) atoms. The molecule has 2 heterocycles. The van der Waals surface area contributed by atoms with Crippen molar-refractivity contribution in [3.63, 3.8) is 0 Å². The summed E-state index contributed by atoms with van der Waals surface area (Å²) in [5.41, 5.74) is 2.60. The second-order valence-electron chi connectivity index (χ2n) is 5.18. The molecule has 3 rings (SSSR count). The number of carbonyl (C=O) groups is 1. The van der Waals surface area contributed by atoms with Gasteiger partial charge in [0.05, 0.1) is 0 Å². The monoisotopic (exact) mass is 234 g/mol. The zero-order valence-corrected chi connectivity index (χ0v) is 9.98. The molecule has 2 aliphatic rings. The molecule has 0 spiro atoms. The molecule has 0 bridgehead atoms. The van der Waals surface area contributed by atoms with Crippen molar-refractivity contribution in [1.82, 2.24) is 9.78 Å². The van der Waals surface area contributed by atoms with Crippen LogP contribution < -0.4 is 0 Å². The van der Waals surface area contributed by atoms with Gasteiger partial charge in [-0.15, -0.1) is 0 Å². The van der Waals surface area contributed by atoms with Crippen molar-refractivity contribution in [1.29, 1.82) is 0 Å². The zero-order chi connectivity index (χ0) is 11.8. The first-order valence-corrected chi connectivity index (χ1v) is 6.60. The third kappa shape index (κ3) is 1.75. The molecule has 1 aliphatic carbocycles. The van der Waals surface area contributed by atoms with Crippen molar-refractivity contribution in [2.45, 2.75) is 57.4 Å². The Kier molecular flexibility index (Phi) is 2.65. The minimum atomic E-state index is -0.853. The number of rotatable bonds is 2. The van der Waals surface area contributed by atoms with Crippen LogP contribution in [0.4, 0.5) is 0 Å². The molecule has 0 aromatic carbocycles. The van der Waals surface area contributed by atoms with Gasteiger partial charge in [-0.2, -0.15) is 5.10 Å². The van der Waals surface area contributed by atoms with Crippen LogP contribution in [0.1, 0.15) is 66.2 Å². The molecule has 0 amide bonds. The van der Waals surface area contributed by atoms with Crippen LogP contribution in [0, 0.1) is 0 Å². The SMILES string of the molecule is O=C(O)c1nn2c(c1C1CCCC1)CCCC2. The molecule has 0 atom stereocenters. The Bertz CT molecular complexity index is 445. The quantitative estimate of drug-likeness (QED) is 0.855. The Morgan fingerprint density at radius 2 is 2.00 bits per heavy atom. The number of aromatic nitrogens is 2. The van der Waals surface area contributed by atoms with Crippen molar-refractivity contribution in [2.75, 3.05) is 0 Å². The van der Waals surface area contributed by atoms with Crippen molar-refractivity contribution in [3.05, 3.63) is 17.0 Å². The fraction of sp³-hybridized carbons (Fsp3) is 0.692. The largest absolute Gasteiger partial charge is 0.476 e. The van der Waals surface area contributed by atoms with E-state index in [2.05, 4.69) is 5.10 Å². The Morgan fingerprint density at radius 1 is 1.24 bits per heavy atom. The third-order valence-electron chi connectivity index (χ3n) is 4.10. The van der Waals surface area contributed by atoms with E-state index in [0.717, 1.165) is 37.8 Å². The van der Waals surface area contributed by atoms with Gasteiger partial charge in [-0.25, -0.2) is 4.79 Å². The van der Waals surface area contributed by atoms with Gasteiger partial charge in [-0.05, 0) is 38.0 Å². The molecule has 1 aliphatic heterocycles. The smallest absolute Gasteiger partial charge is 0.356 e. The van der Waals surface area contributed by atoms with E-state index in [1.165, 1.54) is 25.0 Å². The highest BCUT2D eigenvalue weighted by Gasteiger charge is 2.30. The molecule has 4 nitrogen and oxygen atoms in total. The first kappa shape index (κ1) is 10.8. The second kappa shape index (κ2) is 4.17. The van der Waals surface area contributed by atoms with E-state index in [1.54, 1.807) is 0 Å². The first-order valence-electron chi connectivity index (χ1n) is 6.60. The van der Waals surface area contributed by atoms with Gasteiger partial charge in [0.1, 0.15) is 0 Å². The van der Waals surface area contributed by atoms with Gasteiger partial charge < -0.3 is 5.11 Å². The third-order valence-corrected chi connectivity index (χ3v) is 4.10. The fourth-order valence-electron chi connectivity index (χ4n) is 3.31. The summed E-state index contributed by atoms with van der Waals surface area (Å²) < 4.78 is 1.95. The number of aromatic carboxylic acids is 1. The van der Waals surface area contributed by atoms with Gasteiger partial charge in [-0.3, -0.25) is 4.68 Å². The summed E-state index contributed by atoms with van der Waals surface area (Å²) in [7, 11) is 0. The van der Waals surface area contributed by atoms with E-state index >= 15 is 0 Å². The van der Waals surface area contributed by atoms with Gasteiger partial charge in [0, 0.05) is 17.8 Å². The maximum atomic E-state index is 11.3. The molecular weight excluding hydrogens is 216 g/mol. The maximum Gasteiger partial charge on any atom is 0.356 e. The number of nitrogens with zero attached hydrogens (tertiary/aromatic N) is 2. The molecular formula is C13H18N2O2. The summed E-state index contributed by atoms with van der Waals surface area (Å²) in [4.78, 5) is 11.3. The highest BCUT2D eigenvalue weighted by atomic mass is 16.4. The van der Waals surface area contributed by atoms with E-state index < -0.39 is 5.97 Å². The van der Waals surface area contributed by atoms with Gasteiger partial charge in [0.25, 0.3) is 0 Å². The molecule has 1 aromatic rings. The molecule has 0 radical (unpaired) electrons. The molecule has 1 aromatic heterocycles. The maximum absolute atomic E-state index is 11.3. The van der Waals surface area contributed by atoms with Crippen molar-refractivity contribution >= 4 is 5.97 Å². The summed E-state index contributed by atoms with van der Waals surface area (Å²) in [6.45, 7) is 0.891. The summed E-state index contributed by atoms with van der Waals surface area (Å²) >= 11 is 0. The topological polar surface area (TPSA) is 55.1 Å². The van der Waals surface area contributed by atoms with E-state index in [4.69, 9.17) is 0 Å². The standard InChI is InChI=1S/C13H18N2O2/c16-13(17)12-11(9-5-1-2-6-9)10-7-3-4-8-15(10)14-12/h9H,1-8H2,(H,16,17). The van der Waals surface area contributed by atoms with Crippen LogP contribution in [-0.2, 0) is 13.0 Å². The number of carboxylic acid groups (broad SMARTS) is 1. The molecule has 1 N–H and O–H groups in total. The average Bonchev–Trinajstić information content (AvgIpc) is 2.94. The Labute approximate surface area is 101 Å². The van der Waals surface area contributed by atoms with E-state index in [1.807, 2.05) is 4.68 Å². The number of fused-ring (bicyclic) bond motifs is 1. The lowest BCUT2D eigenvalue weighted by molar-refractivity contribution is 0.0687. The number of carboxylic acids is 1. The summed E-state index contributed by atoms with van der Waals surface area (Å²) in [6.07, 6.45) is 8.04. The minimum Gasteiger partial charge on any atom is -0.476 e. The lowest BCUT2D eigenvalue weighted by Gasteiger charge is -2.17. The van der Waals surface area contributed by atoms with Crippen LogP contribution in [0.15, 0.2) is 0 Å². The highest BCUT2D eigenvalue weighted by molar-refractivity contribution is 5.87. The van der Waals surface area contributed by atoms with E-state index in [9.17, 15) is 9.90 Å². The molecule has 92 valence electrons. The Morgan fingerprint density at radius 3 is 2.71 bits per heavy atom. The molecule has 4 heteroatoms. The predicted octanol–water partition coefficient (Wildman–Crippen LogP) is 2.58. The van der Waals surface area contributed by atoms with Crippen LogP contribution in [0.25, 0.3) is 0 Å². The molecule has 0 unspecified atom stereocenters. The lowest BCUT2D eigenvalue weighted by atomic mass is 9.92. The second-order valence-corrected chi connectivity index (χ2v) is 5.18. The fourth-order valence-corrected chi connectivity index (χ4v) is 3.31. The zero-order valence-electron chi connectivity index (χ0n) is 9.98. The molecule has 1 saturated carbocycles. The van der Waals surface area contributed by atoms with Crippen LogP contribution >= 0.6 is 0 Å². The number of aryl methyl sites for hydroxylation is 1. The number of hydrogen-bond donors (Lipinski definition) is 1. The van der Waals surface area contributed by atoms with Crippen LogP contribution in [0.3, 0.4) is 0 Å². The van der Waals surface area contributed by atoms with Crippen LogP contribution in [0.2, 0.25) is 0 Å². The lowest BCUT2D eigenvalue weighted by Crippen LogP contribution is -2.12. The van der Waals surface area contributed by atoms with Gasteiger partial charge in [-0.1, -0.05) is 12.8 Å². The Balaban J connectivity index is 2.08. The normalized spacial score (nSPS) is 20.5. The van der Waals surface area contributed by atoms with E-state index in [0.29, 0.717) is 11.6 Å². The average molecular weight is 234 g/mol. The molecule has 1 fully saturated rings. The van der Waals surface area contributed by atoms with Crippen molar-refractivity contribution in [2.24, 2.45) is 0 Å². The Hall–Kier alpha value is -1.32. The summed E-state index contributed by atoms with van der Waals surface area (Å²) in [5.74, 6) is -0.406. The van der Waals surface area contributed by atoms with Gasteiger partial charge >= 0.3 is 5.97 Å². The van der Waals surface area contributed by atoms with Crippen LogP contribution in [-0.4, -0.2) is 20.9 Å².